The smallest absolute Gasteiger partial charge is 0.208 e. The highest BCUT2D eigenvalue weighted by Crippen LogP contribution is 2.26. The van der Waals surface area contributed by atoms with E-state index in [1.54, 1.807) is 0 Å². The maximum atomic E-state index is 9.36. The molecule has 1 aromatic heterocycles. The number of oxazole rings is 1. The number of aliphatic hydroxyl groups is 1. The van der Waals surface area contributed by atoms with Gasteiger partial charge in [-0.05, 0) is 19.0 Å². The first-order valence-corrected chi connectivity index (χ1v) is 7.73. The largest absolute Gasteiger partial charge is 0.444 e. The van der Waals surface area contributed by atoms with Crippen LogP contribution in [-0.4, -0.2) is 28.6 Å². The lowest BCUT2D eigenvalue weighted by atomic mass is 9.94. The Morgan fingerprint density at radius 2 is 1.91 bits per heavy atom. The van der Waals surface area contributed by atoms with Crippen LogP contribution < -0.4 is 0 Å². The third-order valence-electron chi connectivity index (χ3n) is 3.80. The molecule has 0 aliphatic heterocycles. The summed E-state index contributed by atoms with van der Waals surface area (Å²) < 4.78 is 5.87. The molecular formula is C18H26N2O2. The fourth-order valence-corrected chi connectivity index (χ4v) is 2.49. The Hall–Kier alpha value is -1.65. The topological polar surface area (TPSA) is 49.5 Å². The van der Waals surface area contributed by atoms with Gasteiger partial charge in [-0.3, -0.25) is 4.90 Å². The quantitative estimate of drug-likeness (QED) is 0.887. The van der Waals surface area contributed by atoms with Gasteiger partial charge < -0.3 is 9.52 Å². The lowest BCUT2D eigenvalue weighted by Gasteiger charge is -2.27. The van der Waals surface area contributed by atoms with Crippen molar-refractivity contribution in [1.29, 1.82) is 0 Å². The first-order valence-electron chi connectivity index (χ1n) is 7.73. The molecule has 1 aromatic carbocycles. The molecule has 0 saturated heterocycles. The fourth-order valence-electron chi connectivity index (χ4n) is 2.49. The van der Waals surface area contributed by atoms with E-state index in [2.05, 4.69) is 42.8 Å². The van der Waals surface area contributed by atoms with Gasteiger partial charge in [0.15, 0.2) is 0 Å². The Morgan fingerprint density at radius 1 is 1.23 bits per heavy atom. The molecule has 0 spiro atoms. The van der Waals surface area contributed by atoms with Crippen molar-refractivity contribution in [2.75, 3.05) is 13.7 Å². The van der Waals surface area contributed by atoms with Crippen LogP contribution in [0.4, 0.5) is 0 Å². The first-order chi connectivity index (χ1) is 10.4. The zero-order valence-electron chi connectivity index (χ0n) is 13.9. The molecule has 0 aliphatic rings. The summed E-state index contributed by atoms with van der Waals surface area (Å²) in [4.78, 5) is 6.56. The second-order valence-electron chi connectivity index (χ2n) is 6.72. The summed E-state index contributed by atoms with van der Waals surface area (Å²) in [7, 11) is 2.04. The van der Waals surface area contributed by atoms with Crippen molar-refractivity contribution >= 4 is 0 Å². The molecule has 22 heavy (non-hydrogen) atoms. The van der Waals surface area contributed by atoms with Gasteiger partial charge in [-0.25, -0.2) is 4.98 Å². The SMILES string of the molecule is CN(Cc1ncc(C(C)(C)C)o1)C(CCO)c1ccccc1. The zero-order chi connectivity index (χ0) is 16.2. The van der Waals surface area contributed by atoms with Crippen LogP contribution in [0.15, 0.2) is 40.9 Å². The van der Waals surface area contributed by atoms with Crippen molar-refractivity contribution in [2.45, 2.75) is 45.2 Å². The molecule has 2 aromatic rings. The van der Waals surface area contributed by atoms with Crippen molar-refractivity contribution in [2.24, 2.45) is 0 Å². The maximum absolute atomic E-state index is 9.36. The van der Waals surface area contributed by atoms with Gasteiger partial charge in [-0.1, -0.05) is 51.1 Å². The molecule has 0 fully saturated rings. The summed E-state index contributed by atoms with van der Waals surface area (Å²) in [5.74, 6) is 1.61. The monoisotopic (exact) mass is 302 g/mol. The van der Waals surface area contributed by atoms with Gasteiger partial charge in [0.2, 0.25) is 5.89 Å². The Bertz CT molecular complexity index is 572. The lowest BCUT2D eigenvalue weighted by molar-refractivity contribution is 0.166. The van der Waals surface area contributed by atoms with E-state index in [0.717, 1.165) is 5.76 Å². The molecule has 4 heteroatoms. The standard InChI is InChI=1S/C18H26N2O2/c1-18(2,3)16-12-19-17(22-16)13-20(4)15(10-11-21)14-8-6-5-7-9-14/h5-9,12,15,21H,10-11,13H2,1-4H3. The van der Waals surface area contributed by atoms with E-state index in [9.17, 15) is 5.11 Å². The second-order valence-corrected chi connectivity index (χ2v) is 6.72. The average Bonchev–Trinajstić information content (AvgIpc) is 2.94. The van der Waals surface area contributed by atoms with Gasteiger partial charge >= 0.3 is 0 Å². The molecule has 4 nitrogen and oxygen atoms in total. The van der Waals surface area contributed by atoms with Crippen LogP contribution in [0.2, 0.25) is 0 Å². The Morgan fingerprint density at radius 3 is 2.45 bits per heavy atom. The van der Waals surface area contributed by atoms with Crippen molar-refractivity contribution < 1.29 is 9.52 Å². The number of aliphatic hydroxyl groups excluding tert-OH is 1. The summed E-state index contributed by atoms with van der Waals surface area (Å²) in [5, 5.41) is 9.36. The Labute approximate surface area is 132 Å². The number of aromatic nitrogens is 1. The van der Waals surface area contributed by atoms with E-state index in [-0.39, 0.29) is 18.1 Å². The van der Waals surface area contributed by atoms with Gasteiger partial charge in [0.25, 0.3) is 0 Å². The normalized spacial score (nSPS) is 13.5. The highest BCUT2D eigenvalue weighted by molar-refractivity contribution is 5.19. The highest BCUT2D eigenvalue weighted by atomic mass is 16.4. The summed E-state index contributed by atoms with van der Waals surface area (Å²) in [6.07, 6.45) is 2.50. The number of nitrogens with zero attached hydrogens (tertiary/aromatic N) is 2. The minimum absolute atomic E-state index is 0.0340. The summed E-state index contributed by atoms with van der Waals surface area (Å²) in [6.45, 7) is 7.11. The third-order valence-corrected chi connectivity index (χ3v) is 3.80. The van der Waals surface area contributed by atoms with Crippen molar-refractivity contribution in [1.82, 2.24) is 9.88 Å². The minimum Gasteiger partial charge on any atom is -0.444 e. The number of rotatable bonds is 6. The predicted molar refractivity (Wildman–Crippen MR) is 87.6 cm³/mol. The van der Waals surface area contributed by atoms with E-state index >= 15 is 0 Å². The van der Waals surface area contributed by atoms with Crippen molar-refractivity contribution in [3.05, 3.63) is 53.7 Å². The van der Waals surface area contributed by atoms with Crippen molar-refractivity contribution in [3.63, 3.8) is 0 Å². The van der Waals surface area contributed by atoms with E-state index in [1.165, 1.54) is 5.56 Å². The predicted octanol–water partition coefficient (Wildman–Crippen LogP) is 3.53. The summed E-state index contributed by atoms with van der Waals surface area (Å²) >= 11 is 0. The molecule has 1 atom stereocenters. The van der Waals surface area contributed by atoms with Crippen LogP contribution in [0.3, 0.4) is 0 Å². The molecule has 0 amide bonds. The molecule has 1 unspecified atom stereocenters. The number of hydrogen-bond donors (Lipinski definition) is 1. The summed E-state index contributed by atoms with van der Waals surface area (Å²) in [5.41, 5.74) is 1.16. The molecular weight excluding hydrogens is 276 g/mol. The lowest BCUT2D eigenvalue weighted by Crippen LogP contribution is -2.25. The molecule has 0 saturated carbocycles. The molecule has 2 rings (SSSR count). The van der Waals surface area contributed by atoms with Crippen LogP contribution in [0.5, 0.6) is 0 Å². The van der Waals surface area contributed by atoms with Crippen LogP contribution in [0.25, 0.3) is 0 Å². The maximum Gasteiger partial charge on any atom is 0.208 e. The summed E-state index contributed by atoms with van der Waals surface area (Å²) in [6, 6.07) is 10.4. The van der Waals surface area contributed by atoms with E-state index in [4.69, 9.17) is 4.42 Å². The number of hydrogen-bond acceptors (Lipinski definition) is 4. The van der Waals surface area contributed by atoms with Gasteiger partial charge in [-0.15, -0.1) is 0 Å². The van der Waals surface area contributed by atoms with E-state index in [1.807, 2.05) is 31.4 Å². The molecule has 0 aliphatic carbocycles. The van der Waals surface area contributed by atoms with Gasteiger partial charge in [0, 0.05) is 18.1 Å². The fraction of sp³-hybridized carbons (Fsp3) is 0.500. The molecule has 0 radical (unpaired) electrons. The Kier molecular flexibility index (Phi) is 5.37. The third kappa shape index (κ3) is 4.18. The van der Waals surface area contributed by atoms with Gasteiger partial charge in [0.05, 0.1) is 12.7 Å². The molecule has 1 heterocycles. The first kappa shape index (κ1) is 16.7. The van der Waals surface area contributed by atoms with Crippen molar-refractivity contribution in [3.8, 4) is 0 Å². The zero-order valence-corrected chi connectivity index (χ0v) is 13.9. The Balaban J connectivity index is 2.11. The molecule has 120 valence electrons. The second kappa shape index (κ2) is 7.07. The molecule has 1 N–H and O–H groups in total. The minimum atomic E-state index is -0.0340. The van der Waals surface area contributed by atoms with Crippen LogP contribution >= 0.6 is 0 Å². The van der Waals surface area contributed by atoms with Crippen LogP contribution in [-0.2, 0) is 12.0 Å². The van der Waals surface area contributed by atoms with Gasteiger partial charge in [0.1, 0.15) is 5.76 Å². The average molecular weight is 302 g/mol. The highest BCUT2D eigenvalue weighted by Gasteiger charge is 2.22. The van der Waals surface area contributed by atoms with E-state index < -0.39 is 0 Å². The van der Waals surface area contributed by atoms with Crippen LogP contribution in [0.1, 0.15) is 50.4 Å². The van der Waals surface area contributed by atoms with E-state index in [0.29, 0.717) is 18.9 Å². The molecule has 0 bridgehead atoms. The van der Waals surface area contributed by atoms with Gasteiger partial charge in [-0.2, -0.15) is 0 Å². The number of benzene rings is 1. The van der Waals surface area contributed by atoms with Crippen LogP contribution in [0, 0.1) is 0 Å².